The van der Waals surface area contributed by atoms with Crippen LogP contribution in [0.3, 0.4) is 0 Å². The number of carboxylic acids is 1. The molecular formula is C12H17AsN2O4. The van der Waals surface area contributed by atoms with Crippen molar-refractivity contribution in [3.05, 3.63) is 33.9 Å². The fourth-order valence-corrected chi connectivity index (χ4v) is 3.04. The molecule has 0 saturated heterocycles. The standard InChI is InChI=1S/C12H17AsN2O4/c1-13(2)6-7-14(3)9-4-5-10(12(16)17)11(8-9)15(18)19/h4-5,8H,6-7H2,1-3H3,(H,16,17). The molecule has 0 atom stereocenters. The number of rotatable bonds is 6. The number of nitro groups is 1. The van der Waals surface area contributed by atoms with Crippen LogP contribution in [0.15, 0.2) is 18.2 Å². The van der Waals surface area contributed by atoms with Crippen molar-refractivity contribution >= 4 is 32.0 Å². The Morgan fingerprint density at radius 3 is 2.58 bits per heavy atom. The van der Waals surface area contributed by atoms with Gasteiger partial charge in [0.05, 0.1) is 0 Å². The van der Waals surface area contributed by atoms with E-state index in [1.807, 2.05) is 11.9 Å². The van der Waals surface area contributed by atoms with Gasteiger partial charge in [0.15, 0.2) is 0 Å². The van der Waals surface area contributed by atoms with Crippen LogP contribution < -0.4 is 4.90 Å². The maximum absolute atomic E-state index is 10.9. The Bertz CT molecular complexity index is 491. The molecule has 0 spiro atoms. The Labute approximate surface area is 116 Å². The number of hydrogen-bond donors (Lipinski definition) is 1. The van der Waals surface area contributed by atoms with Crippen molar-refractivity contribution in [2.75, 3.05) is 18.5 Å². The summed E-state index contributed by atoms with van der Waals surface area (Å²) >= 11 is -0.739. The molecule has 1 rings (SSSR count). The third-order valence-corrected chi connectivity index (χ3v) is 5.03. The second-order valence-corrected chi connectivity index (χ2v) is 9.96. The van der Waals surface area contributed by atoms with Gasteiger partial charge in [-0.1, -0.05) is 0 Å². The van der Waals surface area contributed by atoms with E-state index in [9.17, 15) is 14.9 Å². The molecule has 7 heteroatoms. The molecule has 0 saturated carbocycles. The molecule has 0 aliphatic carbocycles. The van der Waals surface area contributed by atoms with Crippen LogP contribution in [-0.2, 0) is 0 Å². The Balaban J connectivity index is 3.01. The van der Waals surface area contributed by atoms with E-state index in [1.54, 1.807) is 6.07 Å². The number of hydrogen-bond acceptors (Lipinski definition) is 4. The van der Waals surface area contributed by atoms with Crippen LogP contribution in [0.5, 0.6) is 0 Å². The van der Waals surface area contributed by atoms with Gasteiger partial charge in [0.25, 0.3) is 0 Å². The van der Waals surface area contributed by atoms with Crippen LogP contribution >= 0.6 is 0 Å². The van der Waals surface area contributed by atoms with Gasteiger partial charge in [0, 0.05) is 0 Å². The predicted molar refractivity (Wildman–Crippen MR) is 75.6 cm³/mol. The van der Waals surface area contributed by atoms with Crippen molar-refractivity contribution in [1.82, 2.24) is 0 Å². The van der Waals surface area contributed by atoms with Crippen LogP contribution in [-0.4, -0.2) is 44.2 Å². The summed E-state index contributed by atoms with van der Waals surface area (Å²) in [5.41, 5.74) is 4.53. The van der Waals surface area contributed by atoms with Gasteiger partial charge in [0.2, 0.25) is 0 Å². The van der Waals surface area contributed by atoms with E-state index in [1.165, 1.54) is 12.1 Å². The Hall–Kier alpha value is -1.55. The van der Waals surface area contributed by atoms with E-state index >= 15 is 0 Å². The zero-order chi connectivity index (χ0) is 14.6. The summed E-state index contributed by atoms with van der Waals surface area (Å²) in [6.45, 7) is 0.830. The fraction of sp³-hybridized carbons (Fsp3) is 0.417. The van der Waals surface area contributed by atoms with E-state index in [0.29, 0.717) is 5.69 Å². The second kappa shape index (κ2) is 6.57. The maximum atomic E-state index is 10.9. The molecule has 0 radical (unpaired) electrons. The number of anilines is 1. The van der Waals surface area contributed by atoms with Crippen LogP contribution in [0, 0.1) is 10.1 Å². The number of nitrogens with zero attached hydrogens (tertiary/aromatic N) is 2. The van der Waals surface area contributed by atoms with Crippen LogP contribution in [0.25, 0.3) is 0 Å². The first-order chi connectivity index (χ1) is 8.82. The van der Waals surface area contributed by atoms with Gasteiger partial charge in [-0.15, -0.1) is 0 Å². The molecule has 0 amide bonds. The number of aromatic carboxylic acids is 1. The molecule has 19 heavy (non-hydrogen) atoms. The summed E-state index contributed by atoms with van der Waals surface area (Å²) in [5, 5.41) is 20.9. The molecule has 0 aliphatic rings. The number of carboxylic acid groups (broad SMARTS) is 1. The molecule has 1 aromatic rings. The molecule has 0 fully saturated rings. The first-order valence-electron chi connectivity index (χ1n) is 5.70. The molecule has 0 aliphatic heterocycles. The molecule has 1 N–H and O–H groups in total. The average molecular weight is 328 g/mol. The van der Waals surface area contributed by atoms with E-state index < -0.39 is 25.5 Å². The molecular weight excluding hydrogens is 311 g/mol. The Morgan fingerprint density at radius 1 is 1.47 bits per heavy atom. The predicted octanol–water partition coefficient (Wildman–Crippen LogP) is 2.48. The molecule has 6 nitrogen and oxygen atoms in total. The van der Waals surface area contributed by atoms with E-state index in [2.05, 4.69) is 11.4 Å². The van der Waals surface area contributed by atoms with Gasteiger partial charge in [-0.25, -0.2) is 0 Å². The second-order valence-electron chi connectivity index (χ2n) is 4.49. The SMILES string of the molecule is CN(CC[As](C)C)c1ccc(C(=O)O)c([N+](=O)[O-])c1. The first-order valence-corrected chi connectivity index (χ1v) is 10.8. The monoisotopic (exact) mass is 328 g/mol. The van der Waals surface area contributed by atoms with Gasteiger partial charge < -0.3 is 0 Å². The van der Waals surface area contributed by atoms with E-state index in [0.717, 1.165) is 11.8 Å². The molecule has 0 heterocycles. The van der Waals surface area contributed by atoms with Gasteiger partial charge in [0.1, 0.15) is 0 Å². The summed E-state index contributed by atoms with van der Waals surface area (Å²) in [5.74, 6) is -1.28. The third kappa shape index (κ3) is 4.24. The summed E-state index contributed by atoms with van der Waals surface area (Å²) < 4.78 is 0. The number of nitro benzene ring substituents is 1. The van der Waals surface area contributed by atoms with Gasteiger partial charge in [-0.3, -0.25) is 0 Å². The number of benzene rings is 1. The van der Waals surface area contributed by atoms with E-state index in [4.69, 9.17) is 5.11 Å². The summed E-state index contributed by atoms with van der Waals surface area (Å²) in [6.07, 6.45) is 0. The molecule has 1 aromatic carbocycles. The third-order valence-electron chi connectivity index (χ3n) is 2.73. The van der Waals surface area contributed by atoms with Crippen LogP contribution in [0.2, 0.25) is 16.6 Å². The van der Waals surface area contributed by atoms with E-state index in [-0.39, 0.29) is 11.3 Å². The normalized spacial score (nSPS) is 10.5. The molecule has 104 valence electrons. The van der Waals surface area contributed by atoms with Crippen molar-refractivity contribution in [3.63, 3.8) is 0 Å². The average Bonchev–Trinajstić information content (AvgIpc) is 2.34. The number of carbonyl (C=O) groups is 1. The Kier molecular flexibility index (Phi) is 5.36. The Morgan fingerprint density at radius 2 is 2.11 bits per heavy atom. The fourth-order valence-electron chi connectivity index (χ4n) is 1.57. The molecule has 0 aromatic heterocycles. The van der Waals surface area contributed by atoms with Crippen molar-refractivity contribution < 1.29 is 14.8 Å². The van der Waals surface area contributed by atoms with Crippen molar-refractivity contribution in [1.29, 1.82) is 0 Å². The summed E-state index contributed by atoms with van der Waals surface area (Å²) in [6, 6.07) is 4.23. The molecule has 0 unspecified atom stereocenters. The zero-order valence-corrected chi connectivity index (χ0v) is 13.0. The zero-order valence-electron chi connectivity index (χ0n) is 11.2. The van der Waals surface area contributed by atoms with Gasteiger partial charge in [-0.05, 0) is 0 Å². The quantitative estimate of drug-likeness (QED) is 0.493. The summed E-state index contributed by atoms with van der Waals surface area (Å²) in [7, 11) is 1.86. The van der Waals surface area contributed by atoms with Crippen LogP contribution in [0.4, 0.5) is 11.4 Å². The van der Waals surface area contributed by atoms with Crippen molar-refractivity contribution in [2.24, 2.45) is 0 Å². The van der Waals surface area contributed by atoms with Gasteiger partial charge in [-0.2, -0.15) is 0 Å². The molecule has 0 bridgehead atoms. The topological polar surface area (TPSA) is 83.7 Å². The summed E-state index contributed by atoms with van der Waals surface area (Å²) in [4.78, 5) is 23.1. The van der Waals surface area contributed by atoms with Crippen molar-refractivity contribution in [2.45, 2.75) is 16.6 Å². The van der Waals surface area contributed by atoms with Crippen molar-refractivity contribution in [3.8, 4) is 0 Å². The van der Waals surface area contributed by atoms with Crippen LogP contribution in [0.1, 0.15) is 10.4 Å². The minimum atomic E-state index is -1.28. The minimum absolute atomic E-state index is 0.277. The van der Waals surface area contributed by atoms with Gasteiger partial charge >= 0.3 is 116 Å². The first kappa shape index (κ1) is 15.5.